The third-order valence-corrected chi connectivity index (χ3v) is 5.71. The summed E-state index contributed by atoms with van der Waals surface area (Å²) < 4.78 is 5.65. The second kappa shape index (κ2) is 6.88. The third-order valence-electron chi connectivity index (χ3n) is 5.71. The molecule has 2 aromatic rings. The van der Waals surface area contributed by atoms with Gasteiger partial charge < -0.3 is 15.4 Å². The van der Waals surface area contributed by atoms with Crippen molar-refractivity contribution in [1.82, 2.24) is 4.90 Å². The van der Waals surface area contributed by atoms with Crippen LogP contribution in [-0.2, 0) is 15.1 Å². The van der Waals surface area contributed by atoms with Crippen molar-refractivity contribution in [2.45, 2.75) is 37.8 Å². The van der Waals surface area contributed by atoms with E-state index < -0.39 is 23.2 Å². The molecule has 0 bridgehead atoms. The van der Waals surface area contributed by atoms with E-state index in [9.17, 15) is 14.9 Å². The lowest BCUT2D eigenvalue weighted by atomic mass is 9.73. The summed E-state index contributed by atoms with van der Waals surface area (Å²) >= 11 is 0. The molecule has 2 aliphatic rings. The molecule has 2 heterocycles. The number of hydrogen-bond donors (Lipinski definition) is 1. The predicted molar refractivity (Wildman–Crippen MR) is 116 cm³/mol. The molecular weight excluding hydrogens is 392 g/mol. The number of hydrogen-bond acceptors (Lipinski definition) is 5. The highest BCUT2D eigenvalue weighted by molar-refractivity contribution is 6.11. The fourth-order valence-corrected chi connectivity index (χ4v) is 4.59. The topological polar surface area (TPSA) is 99.7 Å². The van der Waals surface area contributed by atoms with E-state index in [0.29, 0.717) is 16.8 Å². The van der Waals surface area contributed by atoms with Gasteiger partial charge in [0.1, 0.15) is 11.4 Å². The lowest BCUT2D eigenvalue weighted by molar-refractivity contribution is -0.128. The zero-order chi connectivity index (χ0) is 22.6. The number of nitriles is 1. The number of likely N-dealkylation sites (N-methyl/N-ethyl adjacent to an activating group) is 1. The number of rotatable bonds is 1. The molecule has 0 saturated carbocycles. The molecule has 1 spiro atoms. The minimum absolute atomic E-state index is 0.0657. The normalized spacial score (nSPS) is 22.7. The Kier molecular flexibility index (Phi) is 4.54. The van der Waals surface area contributed by atoms with E-state index in [1.54, 1.807) is 33.9 Å². The third kappa shape index (κ3) is 2.79. The van der Waals surface area contributed by atoms with E-state index in [4.69, 9.17) is 10.5 Å². The maximum atomic E-state index is 13.9. The minimum Gasteiger partial charge on any atom is -0.443 e. The number of benzene rings is 2. The Bertz CT molecular complexity index is 1140. The van der Waals surface area contributed by atoms with Crippen LogP contribution in [0.4, 0.5) is 10.5 Å². The number of nitrogens with two attached hydrogens (primary N) is 1. The number of ether oxygens (including phenoxy) is 1. The maximum Gasteiger partial charge on any atom is 0.417 e. The number of fused-ring (bicyclic) bond motifs is 2. The van der Waals surface area contributed by atoms with Crippen LogP contribution in [0.5, 0.6) is 0 Å². The van der Waals surface area contributed by atoms with Gasteiger partial charge in [0.15, 0.2) is 5.54 Å². The predicted octanol–water partition coefficient (Wildman–Crippen LogP) is 3.59. The fraction of sp³-hybridized carbons (Fsp3) is 0.292. The molecule has 158 valence electrons. The van der Waals surface area contributed by atoms with Crippen LogP contribution >= 0.6 is 0 Å². The zero-order valence-corrected chi connectivity index (χ0v) is 17.9. The molecule has 0 fully saturated rings. The summed E-state index contributed by atoms with van der Waals surface area (Å²) in [5.74, 6) is -1.18. The van der Waals surface area contributed by atoms with Crippen LogP contribution in [0.2, 0.25) is 0 Å². The van der Waals surface area contributed by atoms with Gasteiger partial charge in [-0.1, -0.05) is 48.5 Å². The van der Waals surface area contributed by atoms with Gasteiger partial charge in [0, 0.05) is 18.3 Å². The lowest BCUT2D eigenvalue weighted by Gasteiger charge is -2.39. The van der Waals surface area contributed by atoms with Crippen LogP contribution < -0.4 is 10.6 Å². The molecule has 2 aliphatic heterocycles. The van der Waals surface area contributed by atoms with E-state index in [2.05, 4.69) is 6.07 Å². The summed E-state index contributed by atoms with van der Waals surface area (Å²) in [5, 5.41) is 10.1. The first kappa shape index (κ1) is 20.5. The Balaban J connectivity index is 2.06. The van der Waals surface area contributed by atoms with Crippen molar-refractivity contribution in [1.29, 1.82) is 5.26 Å². The van der Waals surface area contributed by atoms with Gasteiger partial charge in [-0.25, -0.2) is 9.69 Å². The van der Waals surface area contributed by atoms with Gasteiger partial charge in [-0.05, 0) is 32.4 Å². The number of anilines is 1. The summed E-state index contributed by atoms with van der Waals surface area (Å²) in [5.41, 5.74) is 6.19. The van der Waals surface area contributed by atoms with Crippen molar-refractivity contribution in [3.8, 4) is 6.07 Å². The highest BCUT2D eigenvalue weighted by atomic mass is 16.6. The second-order valence-electron chi connectivity index (χ2n) is 8.72. The number of para-hydroxylation sites is 1. The standard InChI is InChI=1S/C24H24N4O3/c1-23(2,3)31-22(30)28-20(26)16(14-25)19(15-10-6-5-7-11-15)24(28)17-12-8-9-13-18(17)27(4)21(24)29/h5-13,19H,26H2,1-4H3/t19-,24+/m1/s1. The molecule has 0 aliphatic carbocycles. The van der Waals surface area contributed by atoms with Crippen LogP contribution in [0.3, 0.4) is 0 Å². The largest absolute Gasteiger partial charge is 0.443 e. The van der Waals surface area contributed by atoms with Crippen LogP contribution in [0.25, 0.3) is 0 Å². The Morgan fingerprint density at radius 3 is 2.35 bits per heavy atom. The summed E-state index contributed by atoms with van der Waals surface area (Å²) in [7, 11) is 1.66. The van der Waals surface area contributed by atoms with Crippen LogP contribution in [0.1, 0.15) is 37.8 Å². The Labute approximate surface area is 181 Å². The first-order valence-electron chi connectivity index (χ1n) is 10.00. The van der Waals surface area contributed by atoms with Crippen LogP contribution in [-0.4, -0.2) is 29.5 Å². The van der Waals surface area contributed by atoms with Crippen molar-refractivity contribution in [2.75, 3.05) is 11.9 Å². The molecule has 4 rings (SSSR count). The molecule has 2 amide bonds. The van der Waals surface area contributed by atoms with Gasteiger partial charge in [-0.15, -0.1) is 0 Å². The fourth-order valence-electron chi connectivity index (χ4n) is 4.59. The van der Waals surface area contributed by atoms with Crippen molar-refractivity contribution in [3.63, 3.8) is 0 Å². The van der Waals surface area contributed by atoms with Crippen LogP contribution in [0.15, 0.2) is 66.0 Å². The summed E-state index contributed by atoms with van der Waals surface area (Å²) in [6.45, 7) is 5.22. The average Bonchev–Trinajstić information content (AvgIpc) is 3.12. The number of carbonyl (C=O) groups is 2. The molecule has 7 heteroatoms. The van der Waals surface area contributed by atoms with Gasteiger partial charge in [0.25, 0.3) is 5.91 Å². The summed E-state index contributed by atoms with van der Waals surface area (Å²) in [6.07, 6.45) is -0.769. The Hall–Kier alpha value is -3.79. The molecule has 0 radical (unpaired) electrons. The number of nitrogens with zero attached hydrogens (tertiary/aromatic N) is 3. The highest BCUT2D eigenvalue weighted by Crippen LogP contribution is 2.58. The van der Waals surface area contributed by atoms with Gasteiger partial charge in [-0.3, -0.25) is 4.79 Å². The van der Waals surface area contributed by atoms with Crippen molar-refractivity contribution in [2.24, 2.45) is 5.73 Å². The van der Waals surface area contributed by atoms with Gasteiger partial charge in [0.2, 0.25) is 0 Å². The van der Waals surface area contributed by atoms with Gasteiger partial charge >= 0.3 is 6.09 Å². The zero-order valence-electron chi connectivity index (χ0n) is 17.9. The Morgan fingerprint density at radius 1 is 1.13 bits per heavy atom. The van der Waals surface area contributed by atoms with E-state index >= 15 is 0 Å². The average molecular weight is 416 g/mol. The van der Waals surface area contributed by atoms with E-state index in [1.807, 2.05) is 48.5 Å². The second-order valence-corrected chi connectivity index (χ2v) is 8.72. The molecule has 31 heavy (non-hydrogen) atoms. The molecule has 0 aromatic heterocycles. The van der Waals surface area contributed by atoms with Gasteiger partial charge in [-0.2, -0.15) is 5.26 Å². The van der Waals surface area contributed by atoms with E-state index in [0.717, 1.165) is 0 Å². The van der Waals surface area contributed by atoms with Crippen molar-refractivity contribution < 1.29 is 14.3 Å². The molecule has 2 N–H and O–H groups in total. The molecule has 0 unspecified atom stereocenters. The smallest absolute Gasteiger partial charge is 0.417 e. The SMILES string of the molecule is CN1C(=O)[C@]2(c3ccccc31)[C@H](c1ccccc1)C(C#N)=C(N)N2C(=O)OC(C)(C)C. The molecule has 7 nitrogen and oxygen atoms in total. The quantitative estimate of drug-likeness (QED) is 0.766. The Morgan fingerprint density at radius 2 is 1.74 bits per heavy atom. The number of amides is 2. The molecule has 0 saturated heterocycles. The summed E-state index contributed by atoms with van der Waals surface area (Å²) in [6, 6.07) is 18.6. The monoisotopic (exact) mass is 416 g/mol. The molecular formula is C24H24N4O3. The summed E-state index contributed by atoms with van der Waals surface area (Å²) in [4.78, 5) is 30.1. The minimum atomic E-state index is -1.55. The van der Waals surface area contributed by atoms with Gasteiger partial charge in [0.05, 0.1) is 17.6 Å². The maximum absolute atomic E-state index is 13.9. The van der Waals surface area contributed by atoms with Crippen molar-refractivity contribution in [3.05, 3.63) is 77.1 Å². The van der Waals surface area contributed by atoms with Crippen molar-refractivity contribution >= 4 is 17.7 Å². The first-order valence-corrected chi connectivity index (χ1v) is 10.00. The molecule has 2 atom stereocenters. The number of carbonyl (C=O) groups excluding carboxylic acids is 2. The molecule has 2 aromatic carbocycles. The van der Waals surface area contributed by atoms with E-state index in [1.165, 1.54) is 9.80 Å². The van der Waals surface area contributed by atoms with E-state index in [-0.39, 0.29) is 17.3 Å². The highest BCUT2D eigenvalue weighted by Gasteiger charge is 2.66. The first-order chi connectivity index (χ1) is 14.6. The van der Waals surface area contributed by atoms with Crippen LogP contribution in [0, 0.1) is 11.3 Å². The lowest BCUT2D eigenvalue weighted by Crippen LogP contribution is -2.56.